The number of fused-ring (bicyclic) bond motifs is 2. The molecule has 3 aromatic carbocycles. The lowest BCUT2D eigenvalue weighted by Gasteiger charge is -2.11. The van der Waals surface area contributed by atoms with Crippen LogP contribution in [0.15, 0.2) is 72.9 Å². The van der Waals surface area contributed by atoms with Crippen molar-refractivity contribution in [2.45, 2.75) is 26.2 Å². The quantitative estimate of drug-likeness (QED) is 0.462. The van der Waals surface area contributed by atoms with E-state index in [1.54, 1.807) is 4.57 Å². The fourth-order valence-electron chi connectivity index (χ4n) is 3.52. The van der Waals surface area contributed by atoms with Crippen LogP contribution in [0.5, 0.6) is 0 Å². The largest absolute Gasteiger partial charge is 0.283 e. The first-order valence-electron chi connectivity index (χ1n) is 8.91. The number of hydrogen-bond donors (Lipinski definition) is 0. The van der Waals surface area contributed by atoms with Gasteiger partial charge in [0.05, 0.1) is 5.52 Å². The Morgan fingerprint density at radius 3 is 2.48 bits per heavy atom. The lowest BCUT2D eigenvalue weighted by molar-refractivity contribution is 0.0966. The maximum Gasteiger partial charge on any atom is 0.262 e. The zero-order chi connectivity index (χ0) is 17.2. The van der Waals surface area contributed by atoms with E-state index in [9.17, 15) is 4.79 Å². The average Bonchev–Trinajstić information content (AvgIpc) is 3.09. The summed E-state index contributed by atoms with van der Waals surface area (Å²) in [5.74, 6) is 0.0273. The molecule has 124 valence electrons. The van der Waals surface area contributed by atoms with Crippen LogP contribution in [0.25, 0.3) is 21.7 Å². The summed E-state index contributed by atoms with van der Waals surface area (Å²) in [5.41, 5.74) is 3.04. The van der Waals surface area contributed by atoms with Crippen molar-refractivity contribution in [3.8, 4) is 0 Å². The van der Waals surface area contributed by atoms with E-state index in [-0.39, 0.29) is 5.91 Å². The van der Waals surface area contributed by atoms with Gasteiger partial charge in [0.1, 0.15) is 0 Å². The predicted molar refractivity (Wildman–Crippen MR) is 104 cm³/mol. The molecule has 2 nitrogen and oxygen atoms in total. The highest BCUT2D eigenvalue weighted by atomic mass is 16.2. The molecule has 2 heteroatoms. The van der Waals surface area contributed by atoms with Gasteiger partial charge >= 0.3 is 0 Å². The molecule has 0 aliphatic carbocycles. The summed E-state index contributed by atoms with van der Waals surface area (Å²) in [4.78, 5) is 13.2. The van der Waals surface area contributed by atoms with E-state index >= 15 is 0 Å². The summed E-state index contributed by atoms with van der Waals surface area (Å²) >= 11 is 0. The van der Waals surface area contributed by atoms with Crippen LogP contribution < -0.4 is 0 Å². The number of carbonyl (C=O) groups is 1. The molecule has 0 saturated carbocycles. The van der Waals surface area contributed by atoms with Gasteiger partial charge in [-0.3, -0.25) is 9.36 Å². The molecule has 0 spiro atoms. The molecule has 0 N–H and O–H groups in total. The van der Waals surface area contributed by atoms with Crippen molar-refractivity contribution >= 4 is 27.6 Å². The van der Waals surface area contributed by atoms with Gasteiger partial charge in [-0.1, -0.05) is 61.9 Å². The zero-order valence-corrected chi connectivity index (χ0v) is 14.4. The van der Waals surface area contributed by atoms with E-state index in [1.165, 1.54) is 23.8 Å². The molecule has 0 fully saturated rings. The summed E-state index contributed by atoms with van der Waals surface area (Å²) in [6, 6.07) is 22.3. The van der Waals surface area contributed by atoms with Gasteiger partial charge in [-0.15, -0.1) is 0 Å². The van der Waals surface area contributed by atoms with Gasteiger partial charge in [-0.05, 0) is 47.4 Å². The van der Waals surface area contributed by atoms with Crippen LogP contribution in [0.2, 0.25) is 0 Å². The van der Waals surface area contributed by atoms with Crippen LogP contribution >= 0.6 is 0 Å². The van der Waals surface area contributed by atoms with E-state index < -0.39 is 0 Å². The van der Waals surface area contributed by atoms with Gasteiger partial charge in [0.2, 0.25) is 0 Å². The normalized spacial score (nSPS) is 11.2. The number of rotatable bonds is 4. The second kappa shape index (κ2) is 6.56. The third-order valence-electron chi connectivity index (χ3n) is 4.86. The van der Waals surface area contributed by atoms with E-state index in [2.05, 4.69) is 31.2 Å². The van der Waals surface area contributed by atoms with Crippen LogP contribution in [-0.2, 0) is 6.42 Å². The molecule has 1 aromatic heterocycles. The van der Waals surface area contributed by atoms with E-state index in [0.717, 1.165) is 28.3 Å². The summed E-state index contributed by atoms with van der Waals surface area (Å²) in [7, 11) is 0. The molecular formula is C23H21NO. The van der Waals surface area contributed by atoms with Gasteiger partial charge in [0.15, 0.2) is 0 Å². The Bertz CT molecular complexity index is 1060. The summed E-state index contributed by atoms with van der Waals surface area (Å²) < 4.78 is 1.75. The Morgan fingerprint density at radius 2 is 1.64 bits per heavy atom. The fourth-order valence-corrected chi connectivity index (χ4v) is 3.52. The molecule has 25 heavy (non-hydrogen) atoms. The fraction of sp³-hybridized carbons (Fsp3) is 0.174. The molecular weight excluding hydrogens is 306 g/mol. The monoisotopic (exact) mass is 327 g/mol. The third-order valence-corrected chi connectivity index (χ3v) is 4.86. The Hall–Kier alpha value is -2.87. The van der Waals surface area contributed by atoms with Crippen molar-refractivity contribution < 1.29 is 4.79 Å². The first-order chi connectivity index (χ1) is 12.3. The lowest BCUT2D eigenvalue weighted by atomic mass is 9.96. The van der Waals surface area contributed by atoms with Crippen LogP contribution in [0.1, 0.15) is 35.7 Å². The van der Waals surface area contributed by atoms with Gasteiger partial charge in [-0.2, -0.15) is 0 Å². The SMILES string of the molecule is CCCCc1ccc(C(=O)n2ccc3ccccc32)c2ccccc12. The number of aryl methyl sites for hydroxylation is 1. The average molecular weight is 327 g/mol. The number of unbranched alkanes of at least 4 members (excludes halogenated alkanes) is 1. The summed E-state index contributed by atoms with van der Waals surface area (Å²) in [5, 5.41) is 3.32. The minimum atomic E-state index is 0.0273. The first-order valence-corrected chi connectivity index (χ1v) is 8.91. The number of nitrogens with zero attached hydrogens (tertiary/aromatic N) is 1. The maximum absolute atomic E-state index is 13.2. The predicted octanol–water partition coefficient (Wildman–Crippen LogP) is 5.83. The number of carbonyl (C=O) groups excluding carboxylic acids is 1. The van der Waals surface area contributed by atoms with E-state index in [4.69, 9.17) is 0 Å². The number of hydrogen-bond acceptors (Lipinski definition) is 1. The molecule has 0 atom stereocenters. The van der Waals surface area contributed by atoms with Crippen molar-refractivity contribution in [1.82, 2.24) is 4.57 Å². The second-order valence-corrected chi connectivity index (χ2v) is 6.47. The molecule has 0 bridgehead atoms. The Labute approximate surface area is 147 Å². The van der Waals surface area contributed by atoms with Crippen LogP contribution in [0, 0.1) is 0 Å². The molecule has 4 rings (SSSR count). The van der Waals surface area contributed by atoms with Gasteiger partial charge in [-0.25, -0.2) is 0 Å². The van der Waals surface area contributed by atoms with Crippen LogP contribution in [-0.4, -0.2) is 10.5 Å². The molecule has 1 heterocycles. The van der Waals surface area contributed by atoms with Crippen molar-refractivity contribution in [3.05, 3.63) is 84.1 Å². The second-order valence-electron chi connectivity index (χ2n) is 6.47. The number of para-hydroxylation sites is 1. The van der Waals surface area contributed by atoms with Crippen molar-refractivity contribution in [2.75, 3.05) is 0 Å². The van der Waals surface area contributed by atoms with Crippen molar-refractivity contribution in [3.63, 3.8) is 0 Å². The topological polar surface area (TPSA) is 22.0 Å². The molecule has 0 amide bonds. The molecule has 4 aromatic rings. The maximum atomic E-state index is 13.2. The highest BCUT2D eigenvalue weighted by Crippen LogP contribution is 2.26. The number of benzene rings is 3. The Balaban J connectivity index is 1.85. The van der Waals surface area contributed by atoms with Gasteiger partial charge < -0.3 is 0 Å². The lowest BCUT2D eigenvalue weighted by Crippen LogP contribution is -2.11. The Morgan fingerprint density at radius 1 is 0.880 bits per heavy atom. The summed E-state index contributed by atoms with van der Waals surface area (Å²) in [6.45, 7) is 2.21. The molecule has 0 aliphatic rings. The minimum Gasteiger partial charge on any atom is -0.283 e. The number of aromatic nitrogens is 1. The van der Waals surface area contributed by atoms with Crippen LogP contribution in [0.3, 0.4) is 0 Å². The smallest absolute Gasteiger partial charge is 0.262 e. The third kappa shape index (κ3) is 2.74. The Kier molecular flexibility index (Phi) is 4.10. The molecule has 0 radical (unpaired) electrons. The van der Waals surface area contributed by atoms with E-state index in [1.807, 2.05) is 48.7 Å². The van der Waals surface area contributed by atoms with Crippen molar-refractivity contribution in [2.24, 2.45) is 0 Å². The van der Waals surface area contributed by atoms with Crippen LogP contribution in [0.4, 0.5) is 0 Å². The van der Waals surface area contributed by atoms with Gasteiger partial charge in [0, 0.05) is 17.1 Å². The summed E-state index contributed by atoms with van der Waals surface area (Å²) in [6.07, 6.45) is 5.26. The minimum absolute atomic E-state index is 0.0273. The van der Waals surface area contributed by atoms with E-state index in [0.29, 0.717) is 0 Å². The first kappa shape index (κ1) is 15.6. The standard InChI is InChI=1S/C23H21NO/c1-2-3-8-17-13-14-21(20-11-6-5-10-19(17)20)23(25)24-16-15-18-9-4-7-12-22(18)24/h4-7,9-16H,2-3,8H2,1H3. The highest BCUT2D eigenvalue weighted by molar-refractivity contribution is 6.11. The highest BCUT2D eigenvalue weighted by Gasteiger charge is 2.15. The van der Waals surface area contributed by atoms with Crippen molar-refractivity contribution in [1.29, 1.82) is 0 Å². The molecule has 0 saturated heterocycles. The zero-order valence-electron chi connectivity index (χ0n) is 14.4. The molecule has 0 aliphatic heterocycles. The molecule has 0 unspecified atom stereocenters. The van der Waals surface area contributed by atoms with Gasteiger partial charge in [0.25, 0.3) is 5.91 Å².